The Labute approximate surface area is 97.0 Å². The number of unbranched alkanes of at least 4 members (excludes halogenated alkanes) is 1. The van der Waals surface area contributed by atoms with Gasteiger partial charge in [-0.25, -0.2) is 4.79 Å². The van der Waals surface area contributed by atoms with Crippen LogP contribution < -0.4 is 5.32 Å². The summed E-state index contributed by atoms with van der Waals surface area (Å²) in [6.45, 7) is 2.71. The van der Waals surface area contributed by atoms with Crippen LogP contribution in [0.3, 0.4) is 0 Å². The molecule has 4 heteroatoms. The number of hydrogen-bond acceptors (Lipinski definition) is 2. The molecule has 0 aliphatic carbocycles. The summed E-state index contributed by atoms with van der Waals surface area (Å²) in [5, 5.41) is 2.99. The highest BCUT2D eigenvalue weighted by Gasteiger charge is 2.15. The van der Waals surface area contributed by atoms with Gasteiger partial charge in [-0.15, -0.1) is 0 Å². The van der Waals surface area contributed by atoms with Crippen molar-refractivity contribution in [2.75, 3.05) is 31.6 Å². The highest BCUT2D eigenvalue weighted by atomic mass is 32.2. The van der Waals surface area contributed by atoms with Gasteiger partial charge in [-0.1, -0.05) is 0 Å². The fourth-order valence-electron chi connectivity index (χ4n) is 1.78. The molecule has 0 atom stereocenters. The Balaban J connectivity index is 2.02. The van der Waals surface area contributed by atoms with Crippen LogP contribution in [0.5, 0.6) is 0 Å². The van der Waals surface area contributed by atoms with E-state index in [9.17, 15) is 4.79 Å². The Hall–Kier alpha value is -0.380. The molecule has 0 aromatic heterocycles. The molecule has 1 fully saturated rings. The highest BCUT2D eigenvalue weighted by Crippen LogP contribution is 2.08. The Morgan fingerprint density at radius 1 is 1.27 bits per heavy atom. The molecule has 0 unspecified atom stereocenters. The Morgan fingerprint density at radius 3 is 2.67 bits per heavy atom. The SMILES string of the molecule is CSCCCCNC(=O)N1CCCCC1. The van der Waals surface area contributed by atoms with E-state index in [0.29, 0.717) is 0 Å². The second-order valence-corrected chi connectivity index (χ2v) is 4.97. The van der Waals surface area contributed by atoms with Crippen LogP contribution in [0.15, 0.2) is 0 Å². The second kappa shape index (κ2) is 7.85. The molecule has 0 bridgehead atoms. The first-order valence-corrected chi connectivity index (χ1v) is 7.25. The smallest absolute Gasteiger partial charge is 0.317 e. The Bertz CT molecular complexity index is 181. The number of hydrogen-bond donors (Lipinski definition) is 1. The third-order valence-electron chi connectivity index (χ3n) is 2.69. The molecule has 1 heterocycles. The standard InChI is InChI=1S/C11H22N2OS/c1-15-10-6-3-7-12-11(14)13-8-4-2-5-9-13/h2-10H2,1H3,(H,12,14). The predicted molar refractivity (Wildman–Crippen MR) is 66.4 cm³/mol. The van der Waals surface area contributed by atoms with Gasteiger partial charge in [0.2, 0.25) is 0 Å². The lowest BCUT2D eigenvalue weighted by atomic mass is 10.1. The van der Waals surface area contributed by atoms with Crippen molar-refractivity contribution in [3.05, 3.63) is 0 Å². The van der Waals surface area contributed by atoms with Crippen molar-refractivity contribution in [3.8, 4) is 0 Å². The molecule has 0 radical (unpaired) electrons. The van der Waals surface area contributed by atoms with Crippen LogP contribution in [0.25, 0.3) is 0 Å². The van der Waals surface area contributed by atoms with E-state index in [0.717, 1.165) is 26.1 Å². The van der Waals surface area contributed by atoms with Crippen molar-refractivity contribution in [1.29, 1.82) is 0 Å². The summed E-state index contributed by atoms with van der Waals surface area (Å²) in [4.78, 5) is 13.6. The summed E-state index contributed by atoms with van der Waals surface area (Å²) < 4.78 is 0. The van der Waals surface area contributed by atoms with Crippen molar-refractivity contribution >= 4 is 17.8 Å². The quantitative estimate of drug-likeness (QED) is 0.735. The molecule has 15 heavy (non-hydrogen) atoms. The minimum absolute atomic E-state index is 0.138. The lowest BCUT2D eigenvalue weighted by Gasteiger charge is -2.26. The molecule has 2 amide bonds. The topological polar surface area (TPSA) is 32.3 Å². The lowest BCUT2D eigenvalue weighted by molar-refractivity contribution is 0.186. The number of likely N-dealkylation sites (tertiary alicyclic amines) is 1. The fraction of sp³-hybridized carbons (Fsp3) is 0.909. The zero-order valence-corrected chi connectivity index (χ0v) is 10.4. The summed E-state index contributed by atoms with van der Waals surface area (Å²) in [7, 11) is 0. The van der Waals surface area contributed by atoms with Crippen molar-refractivity contribution < 1.29 is 4.79 Å². The summed E-state index contributed by atoms with van der Waals surface area (Å²) in [6, 6.07) is 0.138. The average molecular weight is 230 g/mol. The van der Waals surface area contributed by atoms with Gasteiger partial charge in [0.1, 0.15) is 0 Å². The van der Waals surface area contributed by atoms with Crippen LogP contribution in [0.4, 0.5) is 4.79 Å². The third-order valence-corrected chi connectivity index (χ3v) is 3.39. The van der Waals surface area contributed by atoms with E-state index in [-0.39, 0.29) is 6.03 Å². The molecule has 1 saturated heterocycles. The van der Waals surface area contributed by atoms with Crippen LogP contribution in [0.2, 0.25) is 0 Å². The first-order chi connectivity index (χ1) is 7.34. The molecule has 1 aliphatic rings. The Morgan fingerprint density at radius 2 is 2.00 bits per heavy atom. The molecule has 0 aromatic carbocycles. The van der Waals surface area contributed by atoms with Gasteiger partial charge in [-0.2, -0.15) is 11.8 Å². The van der Waals surface area contributed by atoms with Crippen LogP contribution >= 0.6 is 11.8 Å². The van der Waals surface area contributed by atoms with E-state index < -0.39 is 0 Å². The molecule has 0 spiro atoms. The van der Waals surface area contributed by atoms with Crippen molar-refractivity contribution in [2.24, 2.45) is 0 Å². The molecular formula is C11H22N2OS. The maximum Gasteiger partial charge on any atom is 0.317 e. The van der Waals surface area contributed by atoms with Crippen LogP contribution in [0, 0.1) is 0 Å². The van der Waals surface area contributed by atoms with Crippen LogP contribution in [-0.2, 0) is 0 Å². The number of nitrogens with one attached hydrogen (secondary N) is 1. The minimum Gasteiger partial charge on any atom is -0.338 e. The molecule has 0 aromatic rings. The number of rotatable bonds is 5. The number of carbonyl (C=O) groups is 1. The first kappa shape index (κ1) is 12.7. The molecular weight excluding hydrogens is 208 g/mol. The zero-order chi connectivity index (χ0) is 10.9. The van der Waals surface area contributed by atoms with E-state index in [1.807, 2.05) is 16.7 Å². The molecule has 1 rings (SSSR count). The molecule has 88 valence electrons. The van der Waals surface area contributed by atoms with E-state index in [1.54, 1.807) is 0 Å². The summed E-state index contributed by atoms with van der Waals surface area (Å²) in [5.74, 6) is 1.19. The maximum absolute atomic E-state index is 11.6. The predicted octanol–water partition coefficient (Wildman–Crippen LogP) is 2.33. The van der Waals surface area contributed by atoms with Crippen molar-refractivity contribution in [1.82, 2.24) is 10.2 Å². The van der Waals surface area contributed by atoms with Crippen molar-refractivity contribution in [2.45, 2.75) is 32.1 Å². The Kier molecular flexibility index (Phi) is 6.64. The number of thioether (sulfide) groups is 1. The van der Waals surface area contributed by atoms with Gasteiger partial charge < -0.3 is 10.2 Å². The zero-order valence-electron chi connectivity index (χ0n) is 9.63. The average Bonchev–Trinajstić information content (AvgIpc) is 2.30. The van der Waals surface area contributed by atoms with Gasteiger partial charge in [0, 0.05) is 19.6 Å². The van der Waals surface area contributed by atoms with E-state index in [2.05, 4.69) is 11.6 Å². The van der Waals surface area contributed by atoms with Gasteiger partial charge in [0.15, 0.2) is 0 Å². The van der Waals surface area contributed by atoms with Gasteiger partial charge in [-0.3, -0.25) is 0 Å². The summed E-state index contributed by atoms with van der Waals surface area (Å²) >= 11 is 1.87. The second-order valence-electron chi connectivity index (χ2n) is 3.98. The minimum atomic E-state index is 0.138. The van der Waals surface area contributed by atoms with Gasteiger partial charge in [-0.05, 0) is 44.1 Å². The number of piperidine rings is 1. The number of amides is 2. The third kappa shape index (κ3) is 5.30. The maximum atomic E-state index is 11.6. The summed E-state index contributed by atoms with van der Waals surface area (Å²) in [5.41, 5.74) is 0. The fourth-order valence-corrected chi connectivity index (χ4v) is 2.27. The largest absolute Gasteiger partial charge is 0.338 e. The molecule has 1 N–H and O–H groups in total. The highest BCUT2D eigenvalue weighted by molar-refractivity contribution is 7.98. The van der Waals surface area contributed by atoms with E-state index in [1.165, 1.54) is 31.4 Å². The van der Waals surface area contributed by atoms with Crippen LogP contribution in [0.1, 0.15) is 32.1 Å². The van der Waals surface area contributed by atoms with Crippen LogP contribution in [-0.4, -0.2) is 42.6 Å². The van der Waals surface area contributed by atoms with E-state index >= 15 is 0 Å². The van der Waals surface area contributed by atoms with Gasteiger partial charge in [0.25, 0.3) is 0 Å². The number of urea groups is 1. The molecule has 1 aliphatic heterocycles. The first-order valence-electron chi connectivity index (χ1n) is 5.86. The summed E-state index contributed by atoms with van der Waals surface area (Å²) in [6.07, 6.45) is 8.02. The molecule has 0 saturated carbocycles. The monoisotopic (exact) mass is 230 g/mol. The van der Waals surface area contributed by atoms with Gasteiger partial charge in [0.05, 0.1) is 0 Å². The molecule has 3 nitrogen and oxygen atoms in total. The normalized spacial score (nSPS) is 16.5. The number of nitrogens with zero attached hydrogens (tertiary/aromatic N) is 1. The van der Waals surface area contributed by atoms with E-state index in [4.69, 9.17) is 0 Å². The number of carbonyl (C=O) groups excluding carboxylic acids is 1. The van der Waals surface area contributed by atoms with Crippen molar-refractivity contribution in [3.63, 3.8) is 0 Å². The lowest BCUT2D eigenvalue weighted by Crippen LogP contribution is -2.43. The van der Waals surface area contributed by atoms with Gasteiger partial charge >= 0.3 is 6.03 Å².